The normalized spacial score (nSPS) is 23.5. The Morgan fingerprint density at radius 2 is 1.61 bits per heavy atom. The van der Waals surface area contributed by atoms with Crippen LogP contribution in [0.5, 0.6) is 0 Å². The number of benzene rings is 1. The van der Waals surface area contributed by atoms with Crippen LogP contribution in [0, 0.1) is 34.5 Å². The molecule has 1 saturated heterocycles. The van der Waals surface area contributed by atoms with Gasteiger partial charge in [-0.1, -0.05) is 91.6 Å². The van der Waals surface area contributed by atoms with Crippen LogP contribution in [0.4, 0.5) is 4.79 Å². The van der Waals surface area contributed by atoms with E-state index in [9.17, 15) is 28.8 Å². The summed E-state index contributed by atoms with van der Waals surface area (Å²) in [5.41, 5.74) is 5.30. The molecule has 4 rings (SSSR count). The first kappa shape index (κ1) is 35.1. The number of likely N-dealkylation sites (tertiary alicyclic amines) is 1. The molecule has 1 unspecified atom stereocenters. The van der Waals surface area contributed by atoms with Gasteiger partial charge in [0.05, 0.1) is 6.04 Å². The highest BCUT2D eigenvalue weighted by Crippen LogP contribution is 2.65. The lowest BCUT2D eigenvalue weighted by Gasteiger charge is -2.38. The zero-order valence-corrected chi connectivity index (χ0v) is 28.2. The quantitative estimate of drug-likeness (QED) is 0.229. The fourth-order valence-corrected chi connectivity index (χ4v) is 6.91. The number of piperidine rings is 1. The van der Waals surface area contributed by atoms with Crippen molar-refractivity contribution in [3.05, 3.63) is 35.9 Å². The topological polar surface area (TPSA) is 168 Å². The van der Waals surface area contributed by atoms with Crippen molar-refractivity contribution >= 4 is 35.3 Å². The number of hydrogen-bond donors (Lipinski definition) is 4. The van der Waals surface area contributed by atoms with Crippen molar-refractivity contribution in [1.82, 2.24) is 20.9 Å². The predicted molar refractivity (Wildman–Crippen MR) is 173 cm³/mol. The summed E-state index contributed by atoms with van der Waals surface area (Å²) in [7, 11) is 0. The summed E-state index contributed by atoms with van der Waals surface area (Å²) < 4.78 is 0. The molecule has 0 spiro atoms. The Balaban J connectivity index is 1.47. The number of hydrogen-bond acceptors (Lipinski definition) is 6. The molecule has 2 aliphatic carbocycles. The molecule has 0 bridgehead atoms. The van der Waals surface area contributed by atoms with Crippen LogP contribution in [-0.2, 0) is 30.4 Å². The van der Waals surface area contributed by atoms with Crippen LogP contribution >= 0.6 is 0 Å². The number of ketones is 2. The van der Waals surface area contributed by atoms with E-state index in [1.807, 2.05) is 65.0 Å². The standard InChI is InChI=1S/C35H51N5O6/c1-19(2)24(17-22(41)15-20-11-9-8-10-12-20)38-33(46)39-29(34(3,4)5)32(45)40-18-23-26(35(23,6)7)27(40)31(44)37-25(16-21-13-14-21)28(42)30(36)43/h8-12,19,21,23-27,29H,13-18H2,1-7H3,(H2,36,43)(H,37,44)(H2,38,39,46)/t23-,24+,25?,26-,27-,29+/m0/s1. The SMILES string of the molecule is CC(C)[C@@H](CC(=O)Cc1ccccc1)NC(=O)N[C@H](C(=O)N1C[C@H]2[C@@H]([C@H]1C(=O)NC(CC1CC1)C(=O)C(N)=O)C2(C)C)C(C)(C)C. The molecule has 1 heterocycles. The highest BCUT2D eigenvalue weighted by molar-refractivity contribution is 6.37. The Morgan fingerprint density at radius 3 is 2.15 bits per heavy atom. The van der Waals surface area contributed by atoms with Gasteiger partial charge in [0, 0.05) is 25.4 Å². The number of nitrogens with zero attached hydrogens (tertiary/aromatic N) is 1. The second-order valence-electron chi connectivity index (χ2n) is 15.5. The number of fused-ring (bicyclic) bond motifs is 1. The summed E-state index contributed by atoms with van der Waals surface area (Å²) in [6, 6.07) is 5.54. The first-order valence-electron chi connectivity index (χ1n) is 16.5. The Hall–Kier alpha value is -3.76. The number of Topliss-reactive ketones (excluding diaryl/α,β-unsaturated/α-hetero) is 2. The third-order valence-electron chi connectivity index (χ3n) is 10.1. The largest absolute Gasteiger partial charge is 0.363 e. The van der Waals surface area contributed by atoms with Gasteiger partial charge in [-0.25, -0.2) is 4.79 Å². The minimum Gasteiger partial charge on any atom is -0.363 e. The van der Waals surface area contributed by atoms with Gasteiger partial charge in [0.25, 0.3) is 5.91 Å². The van der Waals surface area contributed by atoms with E-state index in [1.165, 1.54) is 4.90 Å². The van der Waals surface area contributed by atoms with E-state index < -0.39 is 59.1 Å². The molecule has 1 aromatic carbocycles. The second kappa shape index (κ2) is 13.5. The summed E-state index contributed by atoms with van der Waals surface area (Å²) in [5, 5.41) is 8.55. The van der Waals surface area contributed by atoms with Gasteiger partial charge in [-0.2, -0.15) is 0 Å². The second-order valence-corrected chi connectivity index (χ2v) is 15.5. The third kappa shape index (κ3) is 8.14. The van der Waals surface area contributed by atoms with Crippen molar-refractivity contribution in [2.45, 2.75) is 105 Å². The number of primary amides is 1. The van der Waals surface area contributed by atoms with Crippen LogP contribution in [-0.4, -0.2) is 70.9 Å². The predicted octanol–water partition coefficient (Wildman–Crippen LogP) is 2.75. The summed E-state index contributed by atoms with van der Waals surface area (Å²) in [6.45, 7) is 13.8. The van der Waals surface area contributed by atoms with Crippen LogP contribution in [0.15, 0.2) is 30.3 Å². The van der Waals surface area contributed by atoms with Crippen LogP contribution in [0.1, 0.15) is 79.7 Å². The summed E-state index contributed by atoms with van der Waals surface area (Å²) in [6.07, 6.45) is 2.59. The minimum absolute atomic E-state index is 0.00350. The zero-order valence-electron chi connectivity index (χ0n) is 28.2. The van der Waals surface area contributed by atoms with Crippen molar-refractivity contribution in [1.29, 1.82) is 0 Å². The van der Waals surface area contributed by atoms with Gasteiger partial charge in [-0.15, -0.1) is 0 Å². The van der Waals surface area contributed by atoms with Crippen molar-refractivity contribution in [3.8, 4) is 0 Å². The molecule has 1 aromatic rings. The maximum absolute atomic E-state index is 14.2. The number of carbonyl (C=O) groups is 6. The van der Waals surface area contributed by atoms with Crippen molar-refractivity contribution < 1.29 is 28.8 Å². The van der Waals surface area contributed by atoms with E-state index in [4.69, 9.17) is 5.73 Å². The number of nitrogens with one attached hydrogen (secondary N) is 3. The van der Waals surface area contributed by atoms with Crippen LogP contribution in [0.3, 0.4) is 0 Å². The molecule has 0 radical (unpaired) electrons. The molecule has 11 heteroatoms. The molecule has 252 valence electrons. The lowest BCUT2D eigenvalue weighted by Crippen LogP contribution is -2.62. The molecule has 2 saturated carbocycles. The molecular formula is C35H51N5O6. The number of urea groups is 1. The van der Waals surface area contributed by atoms with Gasteiger partial charge in [0.2, 0.25) is 17.6 Å². The fourth-order valence-electron chi connectivity index (χ4n) is 6.91. The number of carbonyl (C=O) groups excluding carboxylic acids is 6. The Kier molecular flexibility index (Phi) is 10.3. The maximum Gasteiger partial charge on any atom is 0.315 e. The van der Waals surface area contributed by atoms with Crippen LogP contribution < -0.4 is 21.7 Å². The lowest BCUT2D eigenvalue weighted by molar-refractivity contribution is -0.145. The van der Waals surface area contributed by atoms with E-state index in [-0.39, 0.29) is 47.7 Å². The molecule has 6 atom stereocenters. The molecular weight excluding hydrogens is 586 g/mol. The van der Waals surface area contributed by atoms with E-state index >= 15 is 0 Å². The third-order valence-corrected chi connectivity index (χ3v) is 10.1. The molecule has 1 aliphatic heterocycles. The van der Waals surface area contributed by atoms with Gasteiger partial charge in [-0.05, 0) is 46.5 Å². The molecule has 46 heavy (non-hydrogen) atoms. The first-order chi connectivity index (χ1) is 21.4. The zero-order chi connectivity index (χ0) is 34.1. The van der Waals surface area contributed by atoms with Crippen molar-refractivity contribution in [3.63, 3.8) is 0 Å². The molecule has 0 aromatic heterocycles. The highest BCUT2D eigenvalue weighted by Gasteiger charge is 2.70. The minimum atomic E-state index is -1.10. The highest BCUT2D eigenvalue weighted by atomic mass is 16.2. The number of rotatable bonds is 14. The van der Waals surface area contributed by atoms with Gasteiger partial charge < -0.3 is 26.6 Å². The summed E-state index contributed by atoms with van der Waals surface area (Å²) >= 11 is 0. The van der Waals surface area contributed by atoms with Crippen molar-refractivity contribution in [2.24, 2.45) is 40.2 Å². The average Bonchev–Trinajstić information content (AvgIpc) is 3.81. The molecule has 3 fully saturated rings. The summed E-state index contributed by atoms with van der Waals surface area (Å²) in [5.74, 6) is -2.66. The Morgan fingerprint density at radius 1 is 0.978 bits per heavy atom. The van der Waals surface area contributed by atoms with Gasteiger partial charge in [0.1, 0.15) is 17.9 Å². The Labute approximate surface area is 272 Å². The van der Waals surface area contributed by atoms with E-state index in [0.29, 0.717) is 13.0 Å². The molecule has 11 nitrogen and oxygen atoms in total. The summed E-state index contributed by atoms with van der Waals surface area (Å²) in [4.78, 5) is 80.2. The maximum atomic E-state index is 14.2. The lowest BCUT2D eigenvalue weighted by atomic mass is 9.85. The molecule has 5 N–H and O–H groups in total. The van der Waals surface area contributed by atoms with Crippen molar-refractivity contribution in [2.75, 3.05) is 6.54 Å². The average molecular weight is 638 g/mol. The number of nitrogens with two attached hydrogens (primary N) is 1. The van der Waals surface area contributed by atoms with E-state index in [0.717, 1.165) is 18.4 Å². The molecule has 3 aliphatic rings. The van der Waals surface area contributed by atoms with Crippen LogP contribution in [0.2, 0.25) is 0 Å². The Bertz CT molecular complexity index is 1350. The van der Waals surface area contributed by atoms with Gasteiger partial charge >= 0.3 is 6.03 Å². The van der Waals surface area contributed by atoms with E-state index in [1.54, 1.807) is 0 Å². The monoisotopic (exact) mass is 637 g/mol. The van der Waals surface area contributed by atoms with Gasteiger partial charge in [-0.3, -0.25) is 24.0 Å². The smallest absolute Gasteiger partial charge is 0.315 e. The fraction of sp³-hybridized carbons (Fsp3) is 0.657. The number of amides is 5. The van der Waals surface area contributed by atoms with Crippen LogP contribution in [0.25, 0.3) is 0 Å². The first-order valence-corrected chi connectivity index (χ1v) is 16.5. The van der Waals surface area contributed by atoms with E-state index in [2.05, 4.69) is 29.8 Å². The van der Waals surface area contributed by atoms with Gasteiger partial charge in [0.15, 0.2) is 0 Å². The molecule has 5 amide bonds.